The molecular weight excluding hydrogens is 202 g/mol. The minimum absolute atomic E-state index is 0.475. The van der Waals surface area contributed by atoms with Crippen molar-refractivity contribution in [3.05, 3.63) is 43.2 Å². The van der Waals surface area contributed by atoms with Gasteiger partial charge in [-0.3, -0.25) is 0 Å². The van der Waals surface area contributed by atoms with Crippen molar-refractivity contribution in [3.8, 4) is 5.69 Å². The topological polar surface area (TPSA) is 68.8 Å². The number of nitrogens with two attached hydrogens (primary N) is 1. The molecule has 0 aliphatic rings. The summed E-state index contributed by atoms with van der Waals surface area (Å²) in [6.45, 7) is 4.28. The van der Waals surface area contributed by atoms with Crippen molar-refractivity contribution in [3.63, 3.8) is 0 Å². The molecule has 0 radical (unpaired) electrons. The van der Waals surface area contributed by atoms with Crippen molar-refractivity contribution in [1.29, 1.82) is 0 Å². The zero-order chi connectivity index (χ0) is 11.4. The Morgan fingerprint density at radius 2 is 2.38 bits per heavy atom. The minimum atomic E-state index is 0.475. The number of pyridine rings is 1. The summed E-state index contributed by atoms with van der Waals surface area (Å²) < 4.78 is 1.73. The molecule has 2 rings (SSSR count). The predicted molar refractivity (Wildman–Crippen MR) is 64.5 cm³/mol. The molecule has 2 aromatic rings. The lowest BCUT2D eigenvalue weighted by Crippen LogP contribution is -2.08. The highest BCUT2D eigenvalue weighted by molar-refractivity contribution is 5.58. The number of aromatic nitrogens is 3. The Labute approximate surface area is 93.6 Å². The van der Waals surface area contributed by atoms with Gasteiger partial charge in [0.1, 0.15) is 11.5 Å². The molecule has 0 saturated heterocycles. The quantitative estimate of drug-likeness (QED) is 0.757. The molecule has 0 unspecified atom stereocenters. The van der Waals surface area contributed by atoms with E-state index in [4.69, 9.17) is 5.73 Å². The van der Waals surface area contributed by atoms with Gasteiger partial charge in [0.15, 0.2) is 5.82 Å². The second-order valence-corrected chi connectivity index (χ2v) is 3.22. The number of rotatable bonds is 4. The van der Waals surface area contributed by atoms with Crippen LogP contribution in [0.2, 0.25) is 0 Å². The molecule has 0 spiro atoms. The average molecular weight is 215 g/mol. The van der Waals surface area contributed by atoms with Gasteiger partial charge in [-0.05, 0) is 18.2 Å². The first-order valence-electron chi connectivity index (χ1n) is 4.92. The maximum atomic E-state index is 5.65. The first-order chi connectivity index (χ1) is 7.81. The number of nitrogens with one attached hydrogen (secondary N) is 1. The summed E-state index contributed by atoms with van der Waals surface area (Å²) in [6.07, 6.45) is 5.33. The zero-order valence-electron chi connectivity index (χ0n) is 8.80. The van der Waals surface area contributed by atoms with E-state index in [9.17, 15) is 0 Å². The Balaban J connectivity index is 2.39. The van der Waals surface area contributed by atoms with Gasteiger partial charge in [-0.15, -0.1) is 6.58 Å². The highest BCUT2D eigenvalue weighted by Crippen LogP contribution is 2.18. The third-order valence-electron chi connectivity index (χ3n) is 2.06. The van der Waals surface area contributed by atoms with E-state index >= 15 is 0 Å². The van der Waals surface area contributed by atoms with Crippen molar-refractivity contribution in [1.82, 2.24) is 14.8 Å². The summed E-state index contributed by atoms with van der Waals surface area (Å²) in [7, 11) is 0. The highest BCUT2D eigenvalue weighted by Gasteiger charge is 2.05. The molecule has 0 bridgehead atoms. The summed E-state index contributed by atoms with van der Waals surface area (Å²) in [5, 5.41) is 7.28. The first kappa shape index (κ1) is 10.2. The Kier molecular flexibility index (Phi) is 2.86. The molecule has 0 saturated carbocycles. The molecule has 16 heavy (non-hydrogen) atoms. The summed E-state index contributed by atoms with van der Waals surface area (Å²) in [5.74, 6) is 1.17. The Bertz CT molecular complexity index is 475. The number of hydrogen-bond acceptors (Lipinski definition) is 4. The molecule has 5 heteroatoms. The smallest absolute Gasteiger partial charge is 0.154 e. The molecule has 0 aromatic carbocycles. The molecule has 0 fully saturated rings. The fraction of sp³-hybridized carbons (Fsp3) is 0.0909. The lowest BCUT2D eigenvalue weighted by Gasteiger charge is -2.10. The number of anilines is 2. The van der Waals surface area contributed by atoms with Gasteiger partial charge < -0.3 is 11.1 Å². The van der Waals surface area contributed by atoms with Crippen LogP contribution in [0.25, 0.3) is 5.69 Å². The molecule has 0 atom stereocenters. The van der Waals surface area contributed by atoms with Gasteiger partial charge in [-0.1, -0.05) is 6.08 Å². The second kappa shape index (κ2) is 4.48. The number of nitrogen functional groups attached to an aromatic ring is 1. The van der Waals surface area contributed by atoms with Crippen molar-refractivity contribution in [2.75, 3.05) is 17.6 Å². The average Bonchev–Trinajstić information content (AvgIpc) is 2.80. The van der Waals surface area contributed by atoms with Gasteiger partial charge in [-0.2, -0.15) is 5.10 Å². The van der Waals surface area contributed by atoms with E-state index in [1.54, 1.807) is 23.0 Å². The molecule has 3 N–H and O–H groups in total. The van der Waals surface area contributed by atoms with Crippen LogP contribution < -0.4 is 11.1 Å². The third-order valence-corrected chi connectivity index (χ3v) is 2.06. The van der Waals surface area contributed by atoms with Crippen LogP contribution >= 0.6 is 0 Å². The van der Waals surface area contributed by atoms with E-state index in [0.29, 0.717) is 18.2 Å². The van der Waals surface area contributed by atoms with Gasteiger partial charge in [-0.25, -0.2) is 9.67 Å². The van der Waals surface area contributed by atoms with Crippen LogP contribution in [0.3, 0.4) is 0 Å². The maximum absolute atomic E-state index is 5.65. The van der Waals surface area contributed by atoms with Crippen LogP contribution in [0.1, 0.15) is 0 Å². The largest absolute Gasteiger partial charge is 0.384 e. The zero-order valence-corrected chi connectivity index (χ0v) is 8.80. The first-order valence-corrected chi connectivity index (χ1v) is 4.92. The van der Waals surface area contributed by atoms with E-state index in [-0.39, 0.29) is 0 Å². The van der Waals surface area contributed by atoms with Crippen molar-refractivity contribution in [2.24, 2.45) is 0 Å². The molecule has 82 valence electrons. The Hall–Kier alpha value is -2.30. The molecule has 0 aliphatic carbocycles. The Morgan fingerprint density at radius 3 is 3.06 bits per heavy atom. The van der Waals surface area contributed by atoms with Gasteiger partial charge in [0.05, 0.1) is 0 Å². The third kappa shape index (κ3) is 2.03. The second-order valence-electron chi connectivity index (χ2n) is 3.22. The van der Waals surface area contributed by atoms with Crippen LogP contribution in [-0.4, -0.2) is 21.3 Å². The summed E-state index contributed by atoms with van der Waals surface area (Å²) in [4.78, 5) is 4.22. The molecule has 2 heterocycles. The van der Waals surface area contributed by atoms with E-state index < -0.39 is 0 Å². The normalized spacial score (nSPS) is 10.0. The molecule has 2 aromatic heterocycles. The van der Waals surface area contributed by atoms with Crippen molar-refractivity contribution in [2.45, 2.75) is 0 Å². The molecular formula is C11H13N5. The lowest BCUT2D eigenvalue weighted by atomic mass is 10.3. The number of hydrogen-bond donors (Lipinski definition) is 2. The highest BCUT2D eigenvalue weighted by atomic mass is 15.3. The summed E-state index contributed by atoms with van der Waals surface area (Å²) in [6, 6.07) is 5.48. The Morgan fingerprint density at radius 1 is 1.50 bits per heavy atom. The summed E-state index contributed by atoms with van der Waals surface area (Å²) >= 11 is 0. The summed E-state index contributed by atoms with van der Waals surface area (Å²) in [5.41, 5.74) is 6.51. The van der Waals surface area contributed by atoms with Gasteiger partial charge in [0, 0.05) is 18.9 Å². The standard InChI is InChI=1S/C11H13N5/c1-2-6-13-11-9(4-5-10(12)15-11)16-8-3-7-14-16/h2-5,7-8H,1,6H2,(H3,12,13,15). The predicted octanol–water partition coefficient (Wildman–Crippen LogP) is 1.45. The lowest BCUT2D eigenvalue weighted by molar-refractivity contribution is 0.875. The fourth-order valence-corrected chi connectivity index (χ4v) is 1.36. The number of nitrogens with zero attached hydrogens (tertiary/aromatic N) is 3. The molecule has 0 aliphatic heterocycles. The van der Waals surface area contributed by atoms with E-state index in [2.05, 4.69) is 22.0 Å². The van der Waals surface area contributed by atoms with E-state index in [1.807, 2.05) is 18.3 Å². The van der Waals surface area contributed by atoms with Crippen molar-refractivity contribution < 1.29 is 0 Å². The van der Waals surface area contributed by atoms with E-state index in [0.717, 1.165) is 5.69 Å². The van der Waals surface area contributed by atoms with Gasteiger partial charge in [0.2, 0.25) is 0 Å². The van der Waals surface area contributed by atoms with Gasteiger partial charge in [0.25, 0.3) is 0 Å². The van der Waals surface area contributed by atoms with Crippen LogP contribution in [0, 0.1) is 0 Å². The minimum Gasteiger partial charge on any atom is -0.384 e. The van der Waals surface area contributed by atoms with Crippen LogP contribution in [-0.2, 0) is 0 Å². The fourth-order valence-electron chi connectivity index (χ4n) is 1.36. The SMILES string of the molecule is C=CCNc1nc(N)ccc1-n1cccn1. The monoisotopic (exact) mass is 215 g/mol. The van der Waals surface area contributed by atoms with Crippen LogP contribution in [0.4, 0.5) is 11.6 Å². The molecule has 5 nitrogen and oxygen atoms in total. The van der Waals surface area contributed by atoms with Crippen LogP contribution in [0.5, 0.6) is 0 Å². The van der Waals surface area contributed by atoms with Gasteiger partial charge >= 0.3 is 0 Å². The molecule has 0 amide bonds. The maximum Gasteiger partial charge on any atom is 0.154 e. The van der Waals surface area contributed by atoms with Crippen molar-refractivity contribution >= 4 is 11.6 Å². The van der Waals surface area contributed by atoms with E-state index in [1.165, 1.54) is 0 Å². The van der Waals surface area contributed by atoms with Crippen LogP contribution in [0.15, 0.2) is 43.2 Å².